The first kappa shape index (κ1) is 9.24. The van der Waals surface area contributed by atoms with Crippen molar-refractivity contribution in [3.63, 3.8) is 0 Å². The molecule has 3 rings (SSSR count). The molecule has 3 saturated carbocycles. The second-order valence-corrected chi connectivity index (χ2v) is 6.68. The summed E-state index contributed by atoms with van der Waals surface area (Å²) in [5.74, 6) is 5.38. The molecule has 0 heteroatoms. The Morgan fingerprint density at radius 3 is 2.50 bits per heavy atom. The highest BCUT2D eigenvalue weighted by Gasteiger charge is 2.58. The zero-order chi connectivity index (χ0) is 9.92. The summed E-state index contributed by atoms with van der Waals surface area (Å²) in [6.07, 6.45) is 7.70. The quantitative estimate of drug-likeness (QED) is 0.542. The van der Waals surface area contributed by atoms with E-state index < -0.39 is 0 Å². The number of hydrogen-bond donors (Lipinski definition) is 0. The molecule has 0 saturated heterocycles. The van der Waals surface area contributed by atoms with Crippen LogP contribution in [0.1, 0.15) is 52.9 Å². The average molecular weight is 192 g/mol. The minimum atomic E-state index is 0.740. The van der Waals surface area contributed by atoms with Gasteiger partial charge in [-0.1, -0.05) is 27.2 Å². The molecule has 0 amide bonds. The van der Waals surface area contributed by atoms with E-state index in [2.05, 4.69) is 20.8 Å². The van der Waals surface area contributed by atoms with E-state index in [1.54, 1.807) is 19.3 Å². The molecular weight excluding hydrogens is 168 g/mol. The highest BCUT2D eigenvalue weighted by Crippen LogP contribution is 2.66. The van der Waals surface area contributed by atoms with Gasteiger partial charge >= 0.3 is 0 Å². The summed E-state index contributed by atoms with van der Waals surface area (Å²) in [6, 6.07) is 0. The largest absolute Gasteiger partial charge is 0.0622 e. The molecule has 3 aliphatic rings. The van der Waals surface area contributed by atoms with E-state index >= 15 is 0 Å². The van der Waals surface area contributed by atoms with Crippen LogP contribution in [-0.4, -0.2) is 0 Å². The van der Waals surface area contributed by atoms with Gasteiger partial charge in [-0.05, 0) is 60.7 Å². The SMILES string of the molecule is CC1CCC2C1CC1(C)C(C)CCC21. The number of hydrogen-bond acceptors (Lipinski definition) is 0. The van der Waals surface area contributed by atoms with E-state index in [4.69, 9.17) is 0 Å². The van der Waals surface area contributed by atoms with Gasteiger partial charge in [0.1, 0.15) is 0 Å². The summed E-state index contributed by atoms with van der Waals surface area (Å²) < 4.78 is 0. The van der Waals surface area contributed by atoms with Crippen LogP contribution in [0.25, 0.3) is 0 Å². The maximum absolute atomic E-state index is 2.60. The van der Waals surface area contributed by atoms with E-state index in [-0.39, 0.29) is 0 Å². The van der Waals surface area contributed by atoms with Gasteiger partial charge in [0, 0.05) is 0 Å². The molecule has 6 unspecified atom stereocenters. The fraction of sp³-hybridized carbons (Fsp3) is 1.00. The highest BCUT2D eigenvalue weighted by atomic mass is 14.6. The molecule has 0 aromatic rings. The van der Waals surface area contributed by atoms with E-state index in [9.17, 15) is 0 Å². The third-order valence-corrected chi connectivity index (χ3v) is 6.31. The van der Waals surface area contributed by atoms with Crippen molar-refractivity contribution in [1.29, 1.82) is 0 Å². The molecule has 0 spiro atoms. The molecule has 0 nitrogen and oxygen atoms in total. The zero-order valence-electron chi connectivity index (χ0n) is 9.92. The van der Waals surface area contributed by atoms with Gasteiger partial charge in [0.2, 0.25) is 0 Å². The van der Waals surface area contributed by atoms with Gasteiger partial charge in [-0.25, -0.2) is 0 Å². The Bertz CT molecular complexity index is 244. The van der Waals surface area contributed by atoms with E-state index in [1.807, 2.05) is 0 Å². The van der Waals surface area contributed by atoms with E-state index in [0.29, 0.717) is 0 Å². The molecule has 6 atom stereocenters. The lowest BCUT2D eigenvalue weighted by Gasteiger charge is -2.31. The van der Waals surface area contributed by atoms with Gasteiger partial charge in [0.05, 0.1) is 0 Å². The molecule has 14 heavy (non-hydrogen) atoms. The molecule has 0 heterocycles. The first-order valence-electron chi connectivity index (χ1n) is 6.63. The Kier molecular flexibility index (Phi) is 1.83. The molecular formula is C14H24. The zero-order valence-corrected chi connectivity index (χ0v) is 9.92. The predicted molar refractivity (Wildman–Crippen MR) is 60.0 cm³/mol. The van der Waals surface area contributed by atoms with Gasteiger partial charge in [-0.3, -0.25) is 0 Å². The van der Waals surface area contributed by atoms with Crippen LogP contribution in [0.2, 0.25) is 0 Å². The Hall–Kier alpha value is 0. The summed E-state index contributed by atoms with van der Waals surface area (Å²) >= 11 is 0. The van der Waals surface area contributed by atoms with Crippen LogP contribution in [0.15, 0.2) is 0 Å². The van der Waals surface area contributed by atoms with E-state index in [1.165, 1.54) is 12.8 Å². The highest BCUT2D eigenvalue weighted by molar-refractivity contribution is 5.07. The smallest absolute Gasteiger partial charge is 0.0266 e. The third-order valence-electron chi connectivity index (χ3n) is 6.31. The van der Waals surface area contributed by atoms with Gasteiger partial charge in [0.15, 0.2) is 0 Å². The van der Waals surface area contributed by atoms with Crippen LogP contribution in [0.3, 0.4) is 0 Å². The lowest BCUT2D eigenvalue weighted by molar-refractivity contribution is 0.177. The van der Waals surface area contributed by atoms with Crippen molar-refractivity contribution < 1.29 is 0 Å². The lowest BCUT2D eigenvalue weighted by Crippen LogP contribution is -2.24. The summed E-state index contributed by atoms with van der Waals surface area (Å²) in [4.78, 5) is 0. The van der Waals surface area contributed by atoms with Crippen molar-refractivity contribution in [3.8, 4) is 0 Å². The molecule has 0 N–H and O–H groups in total. The average Bonchev–Trinajstić information content (AvgIpc) is 2.69. The molecule has 0 radical (unpaired) electrons. The molecule has 3 fully saturated rings. The fourth-order valence-corrected chi connectivity index (χ4v) is 5.18. The maximum atomic E-state index is 2.60. The Balaban J connectivity index is 1.91. The third kappa shape index (κ3) is 0.955. The van der Waals surface area contributed by atoms with Gasteiger partial charge in [-0.2, -0.15) is 0 Å². The van der Waals surface area contributed by atoms with Gasteiger partial charge in [0.25, 0.3) is 0 Å². The van der Waals surface area contributed by atoms with Gasteiger partial charge < -0.3 is 0 Å². The van der Waals surface area contributed by atoms with Crippen molar-refractivity contribution in [2.45, 2.75) is 52.9 Å². The Morgan fingerprint density at radius 2 is 1.71 bits per heavy atom. The van der Waals surface area contributed by atoms with Crippen LogP contribution < -0.4 is 0 Å². The summed E-state index contributed by atoms with van der Waals surface area (Å²) in [7, 11) is 0. The fourth-order valence-electron chi connectivity index (χ4n) is 5.18. The molecule has 3 aliphatic carbocycles. The first-order chi connectivity index (χ1) is 6.63. The first-order valence-corrected chi connectivity index (χ1v) is 6.63. The van der Waals surface area contributed by atoms with E-state index in [0.717, 1.165) is 35.0 Å². The maximum Gasteiger partial charge on any atom is -0.0266 e. The van der Waals surface area contributed by atoms with Crippen molar-refractivity contribution in [3.05, 3.63) is 0 Å². The molecule has 0 aromatic carbocycles. The van der Waals surface area contributed by atoms with Crippen molar-refractivity contribution in [2.75, 3.05) is 0 Å². The topological polar surface area (TPSA) is 0 Å². The summed E-state index contributed by atoms with van der Waals surface area (Å²) in [5, 5.41) is 0. The molecule has 80 valence electrons. The number of fused-ring (bicyclic) bond motifs is 3. The Morgan fingerprint density at radius 1 is 0.929 bits per heavy atom. The normalized spacial score (nSPS) is 61.5. The van der Waals surface area contributed by atoms with Crippen LogP contribution >= 0.6 is 0 Å². The van der Waals surface area contributed by atoms with Crippen LogP contribution in [0.5, 0.6) is 0 Å². The molecule has 0 bridgehead atoms. The second-order valence-electron chi connectivity index (χ2n) is 6.68. The second kappa shape index (κ2) is 2.77. The monoisotopic (exact) mass is 192 g/mol. The van der Waals surface area contributed by atoms with Gasteiger partial charge in [-0.15, -0.1) is 0 Å². The van der Waals surface area contributed by atoms with Crippen molar-refractivity contribution in [2.24, 2.45) is 35.0 Å². The predicted octanol–water partition coefficient (Wildman–Crippen LogP) is 4.10. The minimum absolute atomic E-state index is 0.740. The Labute approximate surface area is 88.5 Å². The number of rotatable bonds is 0. The van der Waals surface area contributed by atoms with Crippen molar-refractivity contribution in [1.82, 2.24) is 0 Å². The minimum Gasteiger partial charge on any atom is -0.0622 e. The standard InChI is InChI=1S/C14H24/c1-9-4-6-11-12(9)8-14(3)10(2)5-7-13(11)14/h9-13H,4-8H2,1-3H3. The van der Waals surface area contributed by atoms with Crippen LogP contribution in [0.4, 0.5) is 0 Å². The van der Waals surface area contributed by atoms with Crippen LogP contribution in [0, 0.1) is 35.0 Å². The molecule has 0 aliphatic heterocycles. The summed E-state index contributed by atoms with van der Waals surface area (Å²) in [6.45, 7) is 7.60. The lowest BCUT2D eigenvalue weighted by atomic mass is 9.74. The summed E-state index contributed by atoms with van der Waals surface area (Å²) in [5.41, 5.74) is 0.740. The van der Waals surface area contributed by atoms with Crippen LogP contribution in [-0.2, 0) is 0 Å². The molecule has 0 aromatic heterocycles. The van der Waals surface area contributed by atoms with Crippen molar-refractivity contribution >= 4 is 0 Å².